The van der Waals surface area contributed by atoms with Crippen LogP contribution in [0.1, 0.15) is 34.5 Å². The van der Waals surface area contributed by atoms with Crippen molar-refractivity contribution in [3.05, 3.63) is 65.2 Å². The summed E-state index contributed by atoms with van der Waals surface area (Å²) in [5.41, 5.74) is 7.62. The van der Waals surface area contributed by atoms with Crippen molar-refractivity contribution in [3.8, 4) is 5.75 Å². The lowest BCUT2D eigenvalue weighted by atomic mass is 10.1. The molecule has 2 aromatic rings. The fourth-order valence-corrected chi connectivity index (χ4v) is 2.14. The van der Waals surface area contributed by atoms with Gasteiger partial charge in [0.25, 0.3) is 11.8 Å². The predicted octanol–water partition coefficient (Wildman–Crippen LogP) is 2.35. The molecule has 0 heterocycles. The molecular formula is C18H20N2O3. The van der Waals surface area contributed by atoms with Gasteiger partial charge in [0.15, 0.2) is 6.61 Å². The molecule has 0 radical (unpaired) electrons. The number of hydrogen-bond donors (Lipinski definition) is 2. The van der Waals surface area contributed by atoms with E-state index in [1.807, 2.05) is 38.1 Å². The number of rotatable bonds is 6. The Bertz CT molecular complexity index is 696. The van der Waals surface area contributed by atoms with Gasteiger partial charge < -0.3 is 15.8 Å². The number of carbonyl (C=O) groups is 2. The van der Waals surface area contributed by atoms with Gasteiger partial charge in [0.05, 0.1) is 11.6 Å². The van der Waals surface area contributed by atoms with Crippen molar-refractivity contribution in [2.45, 2.75) is 19.9 Å². The van der Waals surface area contributed by atoms with Crippen molar-refractivity contribution in [2.75, 3.05) is 6.61 Å². The SMILES string of the molecule is Cc1ccc(C(C)NC(=O)c2ccccc2OCC(N)=O)cc1. The molecule has 5 nitrogen and oxygen atoms in total. The number of nitrogens with two attached hydrogens (primary N) is 1. The van der Waals surface area contributed by atoms with E-state index in [1.165, 1.54) is 0 Å². The molecule has 2 amide bonds. The van der Waals surface area contributed by atoms with Crippen LogP contribution in [-0.2, 0) is 4.79 Å². The van der Waals surface area contributed by atoms with Gasteiger partial charge >= 0.3 is 0 Å². The Balaban J connectivity index is 2.11. The number of hydrogen-bond acceptors (Lipinski definition) is 3. The van der Waals surface area contributed by atoms with Crippen LogP contribution in [-0.4, -0.2) is 18.4 Å². The van der Waals surface area contributed by atoms with Crippen molar-refractivity contribution in [3.63, 3.8) is 0 Å². The Labute approximate surface area is 135 Å². The first-order valence-electron chi connectivity index (χ1n) is 7.35. The van der Waals surface area contributed by atoms with Crippen LogP contribution < -0.4 is 15.8 Å². The van der Waals surface area contributed by atoms with Crippen LogP contribution in [0.15, 0.2) is 48.5 Å². The number of ether oxygens (including phenoxy) is 1. The summed E-state index contributed by atoms with van der Waals surface area (Å²) in [6, 6.07) is 14.6. The number of para-hydroxylation sites is 1. The first-order valence-corrected chi connectivity index (χ1v) is 7.35. The van der Waals surface area contributed by atoms with E-state index in [2.05, 4.69) is 5.32 Å². The van der Waals surface area contributed by atoms with Gasteiger partial charge in [-0.05, 0) is 31.5 Å². The second-order valence-corrected chi connectivity index (χ2v) is 5.36. The number of nitrogens with one attached hydrogen (secondary N) is 1. The van der Waals surface area contributed by atoms with E-state index in [0.717, 1.165) is 11.1 Å². The highest BCUT2D eigenvalue weighted by atomic mass is 16.5. The maximum atomic E-state index is 12.5. The molecule has 3 N–H and O–H groups in total. The topological polar surface area (TPSA) is 81.4 Å². The molecule has 5 heteroatoms. The molecule has 1 unspecified atom stereocenters. The van der Waals surface area contributed by atoms with E-state index >= 15 is 0 Å². The molecule has 0 aliphatic rings. The summed E-state index contributed by atoms with van der Waals surface area (Å²) in [4.78, 5) is 23.3. The van der Waals surface area contributed by atoms with Crippen LogP contribution in [0.2, 0.25) is 0 Å². The van der Waals surface area contributed by atoms with Gasteiger partial charge in [-0.15, -0.1) is 0 Å². The molecule has 0 bridgehead atoms. The van der Waals surface area contributed by atoms with Crippen LogP contribution in [0.3, 0.4) is 0 Å². The third-order valence-corrected chi connectivity index (χ3v) is 3.43. The van der Waals surface area contributed by atoms with E-state index < -0.39 is 5.91 Å². The molecule has 0 aromatic heterocycles. The smallest absolute Gasteiger partial charge is 0.255 e. The van der Waals surface area contributed by atoms with Crippen molar-refractivity contribution >= 4 is 11.8 Å². The van der Waals surface area contributed by atoms with E-state index in [-0.39, 0.29) is 18.6 Å². The second kappa shape index (κ2) is 7.45. The Kier molecular flexibility index (Phi) is 5.36. The average Bonchev–Trinajstić information content (AvgIpc) is 2.53. The molecule has 120 valence electrons. The molecule has 0 saturated heterocycles. The predicted molar refractivity (Wildman–Crippen MR) is 88.2 cm³/mol. The standard InChI is InChI=1S/C18H20N2O3/c1-12-7-9-14(10-8-12)13(2)20-18(22)15-5-3-4-6-16(15)23-11-17(19)21/h3-10,13H,11H2,1-2H3,(H2,19,21)(H,20,22). The van der Waals surface area contributed by atoms with Crippen molar-refractivity contribution in [1.82, 2.24) is 5.32 Å². The molecule has 0 saturated carbocycles. The van der Waals surface area contributed by atoms with E-state index in [4.69, 9.17) is 10.5 Å². The van der Waals surface area contributed by atoms with Crippen LogP contribution in [0.4, 0.5) is 0 Å². The average molecular weight is 312 g/mol. The van der Waals surface area contributed by atoms with Crippen LogP contribution >= 0.6 is 0 Å². The molecular weight excluding hydrogens is 292 g/mol. The largest absolute Gasteiger partial charge is 0.483 e. The summed E-state index contributed by atoms with van der Waals surface area (Å²) in [6.45, 7) is 3.66. The third-order valence-electron chi connectivity index (χ3n) is 3.43. The van der Waals surface area contributed by atoms with E-state index in [9.17, 15) is 9.59 Å². The van der Waals surface area contributed by atoms with Gasteiger partial charge in [0.2, 0.25) is 0 Å². The third kappa shape index (κ3) is 4.57. The molecule has 0 aliphatic heterocycles. The monoisotopic (exact) mass is 312 g/mol. The molecule has 0 fully saturated rings. The van der Waals surface area contributed by atoms with Gasteiger partial charge in [0, 0.05) is 0 Å². The lowest BCUT2D eigenvalue weighted by Gasteiger charge is -2.16. The molecule has 0 spiro atoms. The Morgan fingerprint density at radius 3 is 2.43 bits per heavy atom. The summed E-state index contributed by atoms with van der Waals surface area (Å²) in [5, 5.41) is 2.92. The zero-order valence-corrected chi connectivity index (χ0v) is 13.2. The lowest BCUT2D eigenvalue weighted by molar-refractivity contribution is -0.119. The summed E-state index contributed by atoms with van der Waals surface area (Å²) >= 11 is 0. The first kappa shape index (κ1) is 16.5. The normalized spacial score (nSPS) is 11.6. The fraction of sp³-hybridized carbons (Fsp3) is 0.222. The highest BCUT2D eigenvalue weighted by Crippen LogP contribution is 2.20. The van der Waals surface area contributed by atoms with E-state index in [0.29, 0.717) is 11.3 Å². The quantitative estimate of drug-likeness (QED) is 0.859. The van der Waals surface area contributed by atoms with Gasteiger partial charge in [-0.1, -0.05) is 42.0 Å². The van der Waals surface area contributed by atoms with Gasteiger partial charge in [-0.25, -0.2) is 0 Å². The minimum atomic E-state index is -0.590. The van der Waals surface area contributed by atoms with Crippen LogP contribution in [0.5, 0.6) is 5.75 Å². The fourth-order valence-electron chi connectivity index (χ4n) is 2.14. The van der Waals surface area contributed by atoms with Gasteiger partial charge in [-0.2, -0.15) is 0 Å². The molecule has 1 atom stereocenters. The molecule has 0 aliphatic carbocycles. The number of aryl methyl sites for hydroxylation is 1. The zero-order valence-electron chi connectivity index (χ0n) is 13.2. The molecule has 2 rings (SSSR count). The van der Waals surface area contributed by atoms with E-state index in [1.54, 1.807) is 24.3 Å². The number of primary amides is 1. The summed E-state index contributed by atoms with van der Waals surface area (Å²) in [5.74, 6) is -0.522. The lowest BCUT2D eigenvalue weighted by Crippen LogP contribution is -2.27. The van der Waals surface area contributed by atoms with Gasteiger partial charge in [-0.3, -0.25) is 9.59 Å². The van der Waals surface area contributed by atoms with Gasteiger partial charge in [0.1, 0.15) is 5.75 Å². The Morgan fingerprint density at radius 2 is 1.78 bits per heavy atom. The summed E-state index contributed by atoms with van der Waals surface area (Å²) in [7, 11) is 0. The minimum Gasteiger partial charge on any atom is -0.483 e. The molecule has 2 aromatic carbocycles. The maximum Gasteiger partial charge on any atom is 0.255 e. The van der Waals surface area contributed by atoms with Crippen molar-refractivity contribution in [1.29, 1.82) is 0 Å². The minimum absolute atomic E-state index is 0.146. The van der Waals surface area contributed by atoms with Crippen molar-refractivity contribution in [2.24, 2.45) is 5.73 Å². The summed E-state index contributed by atoms with van der Waals surface area (Å²) < 4.78 is 5.29. The molecule has 23 heavy (non-hydrogen) atoms. The maximum absolute atomic E-state index is 12.5. The van der Waals surface area contributed by atoms with Crippen LogP contribution in [0.25, 0.3) is 0 Å². The summed E-state index contributed by atoms with van der Waals surface area (Å²) in [6.07, 6.45) is 0. The zero-order chi connectivity index (χ0) is 16.8. The Morgan fingerprint density at radius 1 is 1.13 bits per heavy atom. The number of benzene rings is 2. The first-order chi connectivity index (χ1) is 11.0. The van der Waals surface area contributed by atoms with Crippen LogP contribution in [0, 0.1) is 6.92 Å². The number of amides is 2. The second-order valence-electron chi connectivity index (χ2n) is 5.36. The highest BCUT2D eigenvalue weighted by molar-refractivity contribution is 5.97. The number of carbonyl (C=O) groups excluding carboxylic acids is 2. The van der Waals surface area contributed by atoms with Crippen molar-refractivity contribution < 1.29 is 14.3 Å². The highest BCUT2D eigenvalue weighted by Gasteiger charge is 2.15. The Hall–Kier alpha value is -2.82.